The fraction of sp³-hybridized carbons (Fsp3) is 1.00. The molecule has 108 valence electrons. The van der Waals surface area contributed by atoms with Gasteiger partial charge in [-0.3, -0.25) is 0 Å². The number of hydrogen-bond acceptors (Lipinski definition) is 4. The summed E-state index contributed by atoms with van der Waals surface area (Å²) in [7, 11) is 2.62. The molecule has 0 amide bonds. The minimum Gasteiger partial charge on any atom is -0.314 e. The summed E-state index contributed by atoms with van der Waals surface area (Å²) < 4.78 is 25.4. The molecule has 0 radical (unpaired) electrons. The van der Waals surface area contributed by atoms with Crippen LogP contribution < -0.4 is 5.32 Å². The average molecular weight is 277 g/mol. The summed E-state index contributed by atoms with van der Waals surface area (Å²) in [4.78, 5) is 2.07. The van der Waals surface area contributed by atoms with Crippen LogP contribution in [0.4, 0.5) is 0 Å². The highest BCUT2D eigenvalue weighted by Crippen LogP contribution is 2.18. The van der Waals surface area contributed by atoms with E-state index < -0.39 is 10.0 Å². The van der Waals surface area contributed by atoms with Gasteiger partial charge in [0.2, 0.25) is 10.0 Å². The van der Waals surface area contributed by atoms with Gasteiger partial charge >= 0.3 is 0 Å². The molecule has 5 nitrogen and oxygen atoms in total. The summed E-state index contributed by atoms with van der Waals surface area (Å²) in [6.07, 6.45) is 4.08. The molecule has 0 aromatic rings. The maximum absolute atomic E-state index is 12.0. The van der Waals surface area contributed by atoms with Gasteiger partial charge in [-0.25, -0.2) is 12.7 Å². The highest BCUT2D eigenvalue weighted by Gasteiger charge is 2.21. The molecule has 1 rings (SSSR count). The highest BCUT2D eigenvalue weighted by atomic mass is 32.2. The van der Waals surface area contributed by atoms with Gasteiger partial charge in [0, 0.05) is 19.6 Å². The van der Waals surface area contributed by atoms with Gasteiger partial charge in [-0.2, -0.15) is 0 Å². The molecule has 1 aliphatic carbocycles. The molecule has 0 aromatic heterocycles. The molecule has 0 aliphatic heterocycles. The van der Waals surface area contributed by atoms with Gasteiger partial charge in [0.25, 0.3) is 0 Å². The summed E-state index contributed by atoms with van der Waals surface area (Å²) in [5.74, 6) is 0.255. The first-order chi connectivity index (χ1) is 8.42. The molecule has 1 N–H and O–H groups in total. The van der Waals surface area contributed by atoms with Crippen LogP contribution in [0.5, 0.6) is 0 Å². The molecule has 0 spiro atoms. The smallest absolute Gasteiger partial charge is 0.213 e. The summed E-state index contributed by atoms with van der Waals surface area (Å²) >= 11 is 0. The van der Waals surface area contributed by atoms with Gasteiger partial charge in [0.05, 0.1) is 5.75 Å². The third kappa shape index (κ3) is 6.68. The first-order valence-electron chi connectivity index (χ1n) is 6.74. The van der Waals surface area contributed by atoms with Gasteiger partial charge in [0.15, 0.2) is 0 Å². The van der Waals surface area contributed by atoms with Crippen LogP contribution in [0.2, 0.25) is 0 Å². The molecule has 0 aromatic carbocycles. The predicted octanol–water partition coefficient (Wildman–Crippen LogP) is 0.342. The summed E-state index contributed by atoms with van der Waals surface area (Å²) in [5.41, 5.74) is 0. The molecular formula is C12H27N3O2S. The van der Waals surface area contributed by atoms with E-state index in [1.54, 1.807) is 7.05 Å². The van der Waals surface area contributed by atoms with Crippen LogP contribution in [-0.2, 0) is 10.0 Å². The number of nitrogens with zero attached hydrogens (tertiary/aromatic N) is 2. The molecule has 0 heterocycles. The van der Waals surface area contributed by atoms with E-state index in [0.717, 1.165) is 19.5 Å². The maximum atomic E-state index is 12.0. The van der Waals surface area contributed by atoms with Crippen molar-refractivity contribution in [1.29, 1.82) is 0 Å². The molecule has 0 bridgehead atoms. The Kier molecular flexibility index (Phi) is 6.55. The number of rotatable bonds is 10. The second kappa shape index (κ2) is 7.43. The second-order valence-electron chi connectivity index (χ2n) is 5.38. The van der Waals surface area contributed by atoms with E-state index in [0.29, 0.717) is 19.0 Å². The molecule has 1 aliphatic rings. The van der Waals surface area contributed by atoms with Crippen molar-refractivity contribution in [3.8, 4) is 0 Å². The third-order valence-corrected chi connectivity index (χ3v) is 5.08. The van der Waals surface area contributed by atoms with Gasteiger partial charge in [-0.1, -0.05) is 0 Å². The van der Waals surface area contributed by atoms with Crippen molar-refractivity contribution in [2.75, 3.05) is 46.5 Å². The fourth-order valence-corrected chi connectivity index (χ4v) is 2.98. The predicted molar refractivity (Wildman–Crippen MR) is 75.2 cm³/mol. The molecule has 1 saturated carbocycles. The Labute approximate surface area is 112 Å². The first kappa shape index (κ1) is 15.9. The van der Waals surface area contributed by atoms with Crippen molar-refractivity contribution in [3.63, 3.8) is 0 Å². The van der Waals surface area contributed by atoms with Crippen molar-refractivity contribution >= 4 is 10.0 Å². The molecule has 1 fully saturated rings. The Hall–Kier alpha value is -0.170. The molecule has 6 heteroatoms. The lowest BCUT2D eigenvalue weighted by Gasteiger charge is -2.18. The molecule has 0 unspecified atom stereocenters. The van der Waals surface area contributed by atoms with E-state index in [1.165, 1.54) is 17.1 Å². The quantitative estimate of drug-likeness (QED) is 0.585. The van der Waals surface area contributed by atoms with Crippen molar-refractivity contribution < 1.29 is 8.42 Å². The molecule has 0 saturated heterocycles. The van der Waals surface area contributed by atoms with Crippen molar-refractivity contribution in [3.05, 3.63) is 0 Å². The number of hydrogen-bond donors (Lipinski definition) is 1. The van der Waals surface area contributed by atoms with E-state index in [-0.39, 0.29) is 5.75 Å². The van der Waals surface area contributed by atoms with Crippen molar-refractivity contribution in [1.82, 2.24) is 14.5 Å². The monoisotopic (exact) mass is 277 g/mol. The topological polar surface area (TPSA) is 52.7 Å². The largest absolute Gasteiger partial charge is 0.314 e. The summed E-state index contributed by atoms with van der Waals surface area (Å²) in [5, 5.41) is 3.34. The van der Waals surface area contributed by atoms with Crippen LogP contribution in [0.15, 0.2) is 0 Å². The van der Waals surface area contributed by atoms with E-state index >= 15 is 0 Å². The lowest BCUT2D eigenvalue weighted by molar-refractivity contribution is 0.370. The van der Waals surface area contributed by atoms with E-state index in [9.17, 15) is 8.42 Å². The van der Waals surface area contributed by atoms with E-state index in [2.05, 4.69) is 10.2 Å². The minimum absolute atomic E-state index is 0.255. The van der Waals surface area contributed by atoms with Crippen LogP contribution >= 0.6 is 0 Å². The lowest BCUT2D eigenvalue weighted by atomic mass is 10.4. The second-order valence-corrected chi connectivity index (χ2v) is 7.57. The van der Waals surface area contributed by atoms with Gasteiger partial charge in [-0.15, -0.1) is 0 Å². The molecular weight excluding hydrogens is 250 g/mol. The SMILES string of the molecule is CN(C)CCCN(C)S(=O)(=O)CCCNC1CC1. The zero-order valence-electron chi connectivity index (χ0n) is 11.9. The molecule has 18 heavy (non-hydrogen) atoms. The minimum atomic E-state index is -3.06. The Morgan fingerprint density at radius 1 is 1.11 bits per heavy atom. The van der Waals surface area contributed by atoms with Crippen LogP contribution in [0.25, 0.3) is 0 Å². The van der Waals surface area contributed by atoms with Gasteiger partial charge in [0.1, 0.15) is 0 Å². The zero-order valence-corrected chi connectivity index (χ0v) is 12.7. The summed E-state index contributed by atoms with van der Waals surface area (Å²) in [6, 6.07) is 0.658. The Balaban J connectivity index is 2.14. The third-order valence-electron chi connectivity index (χ3n) is 3.14. The van der Waals surface area contributed by atoms with Crippen LogP contribution in [-0.4, -0.2) is 70.2 Å². The Morgan fingerprint density at radius 3 is 2.33 bits per heavy atom. The lowest BCUT2D eigenvalue weighted by Crippen LogP contribution is -2.32. The van der Waals surface area contributed by atoms with Crippen LogP contribution in [0, 0.1) is 0 Å². The van der Waals surface area contributed by atoms with Crippen molar-refractivity contribution in [2.45, 2.75) is 31.7 Å². The van der Waals surface area contributed by atoms with Crippen LogP contribution in [0.1, 0.15) is 25.7 Å². The normalized spacial score (nSPS) is 16.7. The fourth-order valence-electron chi connectivity index (χ4n) is 1.75. The maximum Gasteiger partial charge on any atom is 0.213 e. The van der Waals surface area contributed by atoms with Gasteiger partial charge in [-0.05, 0) is 52.9 Å². The first-order valence-corrected chi connectivity index (χ1v) is 8.35. The highest BCUT2D eigenvalue weighted by molar-refractivity contribution is 7.89. The van der Waals surface area contributed by atoms with Gasteiger partial charge < -0.3 is 10.2 Å². The van der Waals surface area contributed by atoms with Crippen LogP contribution in [0.3, 0.4) is 0 Å². The average Bonchev–Trinajstić information content (AvgIpc) is 3.07. The van der Waals surface area contributed by atoms with E-state index in [1.807, 2.05) is 14.1 Å². The number of sulfonamides is 1. The van der Waals surface area contributed by atoms with E-state index in [4.69, 9.17) is 0 Å². The van der Waals surface area contributed by atoms with Crippen molar-refractivity contribution in [2.24, 2.45) is 0 Å². The Bertz CT molecular complexity index is 326. The number of nitrogens with one attached hydrogen (secondary N) is 1. The zero-order chi connectivity index (χ0) is 13.6. The summed E-state index contributed by atoms with van der Waals surface area (Å²) in [6.45, 7) is 2.34. The molecule has 0 atom stereocenters. The Morgan fingerprint density at radius 2 is 1.78 bits per heavy atom. The standard InChI is InChI=1S/C12H27N3O2S/c1-14(2)9-5-10-15(3)18(16,17)11-4-8-13-12-6-7-12/h12-13H,4-11H2,1-3H3.